The first-order valence-electron chi connectivity index (χ1n) is 6.83. The molecule has 3 nitrogen and oxygen atoms in total. The van der Waals surface area contributed by atoms with Gasteiger partial charge in [0.05, 0.1) is 6.54 Å². The van der Waals surface area contributed by atoms with Gasteiger partial charge in [-0.1, -0.05) is 23.7 Å². The van der Waals surface area contributed by atoms with Gasteiger partial charge in [-0.05, 0) is 61.7 Å². The van der Waals surface area contributed by atoms with Crippen LogP contribution in [0.25, 0.3) is 0 Å². The Morgan fingerprint density at radius 1 is 1.00 bits per heavy atom. The van der Waals surface area contributed by atoms with Crippen LogP contribution in [0.5, 0.6) is 0 Å². The Morgan fingerprint density at radius 3 is 2.43 bits per heavy atom. The zero-order chi connectivity index (χ0) is 15.4. The summed E-state index contributed by atoms with van der Waals surface area (Å²) >= 11 is 5.95. The molecule has 4 heteroatoms. The molecular formula is C17H19ClN2O. The average molecular weight is 303 g/mol. The van der Waals surface area contributed by atoms with Crippen LogP contribution in [-0.2, 0) is 4.79 Å². The molecule has 0 aliphatic carbocycles. The quantitative estimate of drug-likeness (QED) is 0.883. The number of amides is 1. The van der Waals surface area contributed by atoms with Gasteiger partial charge in [-0.25, -0.2) is 0 Å². The van der Waals surface area contributed by atoms with E-state index in [0.717, 1.165) is 22.5 Å². The van der Waals surface area contributed by atoms with Gasteiger partial charge in [0.1, 0.15) is 0 Å². The van der Waals surface area contributed by atoms with Gasteiger partial charge in [0, 0.05) is 16.4 Å². The van der Waals surface area contributed by atoms with Crippen molar-refractivity contribution in [3.63, 3.8) is 0 Å². The lowest BCUT2D eigenvalue weighted by molar-refractivity contribution is -0.114. The first-order valence-corrected chi connectivity index (χ1v) is 7.20. The van der Waals surface area contributed by atoms with Crippen molar-refractivity contribution in [1.82, 2.24) is 0 Å². The number of anilines is 2. The minimum atomic E-state index is -0.0855. The normalized spacial score (nSPS) is 10.3. The fourth-order valence-electron chi connectivity index (χ4n) is 1.98. The summed E-state index contributed by atoms with van der Waals surface area (Å²) < 4.78 is 0. The highest BCUT2D eigenvalue weighted by Gasteiger charge is 2.05. The molecule has 21 heavy (non-hydrogen) atoms. The zero-order valence-electron chi connectivity index (χ0n) is 12.5. The minimum absolute atomic E-state index is 0.0855. The Bertz CT molecular complexity index is 668. The molecule has 2 N–H and O–H groups in total. The third-order valence-electron chi connectivity index (χ3n) is 3.43. The summed E-state index contributed by atoms with van der Waals surface area (Å²) in [7, 11) is 0. The number of benzene rings is 2. The van der Waals surface area contributed by atoms with Crippen LogP contribution in [0, 0.1) is 20.8 Å². The van der Waals surface area contributed by atoms with Crippen LogP contribution in [0.15, 0.2) is 36.4 Å². The van der Waals surface area contributed by atoms with Crippen LogP contribution in [0.1, 0.15) is 16.7 Å². The molecule has 0 heterocycles. The zero-order valence-corrected chi connectivity index (χ0v) is 13.2. The van der Waals surface area contributed by atoms with E-state index in [1.165, 1.54) is 5.56 Å². The van der Waals surface area contributed by atoms with Gasteiger partial charge in [0.15, 0.2) is 0 Å². The second-order valence-electron chi connectivity index (χ2n) is 5.16. The van der Waals surface area contributed by atoms with Crippen molar-refractivity contribution in [1.29, 1.82) is 0 Å². The number of hydrogen-bond donors (Lipinski definition) is 2. The van der Waals surface area contributed by atoms with Gasteiger partial charge in [-0.2, -0.15) is 0 Å². The second-order valence-corrected chi connectivity index (χ2v) is 5.60. The van der Waals surface area contributed by atoms with Crippen LogP contribution in [0.2, 0.25) is 5.02 Å². The van der Waals surface area contributed by atoms with Gasteiger partial charge >= 0.3 is 0 Å². The van der Waals surface area contributed by atoms with Gasteiger partial charge in [-0.3, -0.25) is 4.79 Å². The largest absolute Gasteiger partial charge is 0.376 e. The van der Waals surface area contributed by atoms with Crippen LogP contribution >= 0.6 is 11.6 Å². The molecule has 0 aliphatic rings. The van der Waals surface area contributed by atoms with E-state index >= 15 is 0 Å². The lowest BCUT2D eigenvalue weighted by Gasteiger charge is -2.11. The van der Waals surface area contributed by atoms with Crippen molar-refractivity contribution >= 4 is 28.9 Å². The van der Waals surface area contributed by atoms with Crippen molar-refractivity contribution in [2.75, 3.05) is 17.2 Å². The Hall–Kier alpha value is -2.00. The highest BCUT2D eigenvalue weighted by atomic mass is 35.5. The Labute approximate surface area is 130 Å². The van der Waals surface area contributed by atoms with Crippen LogP contribution in [0.3, 0.4) is 0 Å². The molecule has 2 aromatic rings. The maximum Gasteiger partial charge on any atom is 0.243 e. The summed E-state index contributed by atoms with van der Waals surface area (Å²) in [6, 6.07) is 11.4. The predicted octanol–water partition coefficient (Wildman–Crippen LogP) is 4.32. The van der Waals surface area contributed by atoms with E-state index in [1.54, 1.807) is 0 Å². The molecule has 0 radical (unpaired) electrons. The van der Waals surface area contributed by atoms with Crippen molar-refractivity contribution < 1.29 is 4.79 Å². The number of halogens is 1. The summed E-state index contributed by atoms with van der Waals surface area (Å²) in [4.78, 5) is 12.0. The molecule has 0 bridgehead atoms. The van der Waals surface area contributed by atoms with E-state index < -0.39 is 0 Å². The van der Waals surface area contributed by atoms with Crippen LogP contribution in [0.4, 0.5) is 11.4 Å². The number of nitrogens with one attached hydrogen (secondary N) is 2. The number of hydrogen-bond acceptors (Lipinski definition) is 2. The standard InChI is InChI=1S/C17H19ClN2O/c1-11-5-7-15(8-13(11)3)20-17(21)10-19-16-9-14(18)6-4-12(16)2/h4-9,19H,10H2,1-3H3,(H,20,21). The summed E-state index contributed by atoms with van der Waals surface area (Å²) in [5.41, 5.74) is 5.11. The van der Waals surface area contributed by atoms with E-state index in [4.69, 9.17) is 11.6 Å². The monoisotopic (exact) mass is 302 g/mol. The van der Waals surface area contributed by atoms with Crippen molar-refractivity contribution in [3.8, 4) is 0 Å². The second kappa shape index (κ2) is 6.64. The Balaban J connectivity index is 1.95. The van der Waals surface area contributed by atoms with E-state index in [9.17, 15) is 4.79 Å². The molecule has 110 valence electrons. The van der Waals surface area contributed by atoms with Crippen molar-refractivity contribution in [2.45, 2.75) is 20.8 Å². The molecule has 2 rings (SSSR count). The van der Waals surface area contributed by atoms with Crippen LogP contribution in [-0.4, -0.2) is 12.5 Å². The SMILES string of the molecule is Cc1ccc(NC(=O)CNc2cc(Cl)ccc2C)cc1C. The lowest BCUT2D eigenvalue weighted by Crippen LogP contribution is -2.22. The van der Waals surface area contributed by atoms with E-state index in [1.807, 2.05) is 57.2 Å². The molecule has 0 aromatic heterocycles. The minimum Gasteiger partial charge on any atom is -0.376 e. The van der Waals surface area contributed by atoms with Gasteiger partial charge in [0.25, 0.3) is 0 Å². The summed E-state index contributed by atoms with van der Waals surface area (Å²) in [6.07, 6.45) is 0. The van der Waals surface area contributed by atoms with Gasteiger partial charge in [0.2, 0.25) is 5.91 Å². The van der Waals surface area contributed by atoms with E-state index in [0.29, 0.717) is 5.02 Å². The molecule has 0 aliphatic heterocycles. The lowest BCUT2D eigenvalue weighted by atomic mass is 10.1. The highest BCUT2D eigenvalue weighted by Crippen LogP contribution is 2.20. The molecule has 0 spiro atoms. The number of rotatable bonds is 4. The molecular weight excluding hydrogens is 284 g/mol. The highest BCUT2D eigenvalue weighted by molar-refractivity contribution is 6.30. The van der Waals surface area contributed by atoms with Gasteiger partial charge in [-0.15, -0.1) is 0 Å². The van der Waals surface area contributed by atoms with E-state index in [2.05, 4.69) is 10.6 Å². The maximum absolute atomic E-state index is 12.0. The fraction of sp³-hybridized carbons (Fsp3) is 0.235. The number of carbonyl (C=O) groups is 1. The topological polar surface area (TPSA) is 41.1 Å². The third-order valence-corrected chi connectivity index (χ3v) is 3.66. The van der Waals surface area contributed by atoms with Crippen LogP contribution < -0.4 is 10.6 Å². The summed E-state index contributed by atoms with van der Waals surface area (Å²) in [6.45, 7) is 6.25. The molecule has 0 atom stereocenters. The smallest absolute Gasteiger partial charge is 0.243 e. The molecule has 0 fully saturated rings. The molecule has 1 amide bonds. The number of carbonyl (C=O) groups excluding carboxylic acids is 1. The predicted molar refractivity (Wildman–Crippen MR) is 89.2 cm³/mol. The third kappa shape index (κ3) is 4.23. The summed E-state index contributed by atoms with van der Waals surface area (Å²) in [5.74, 6) is -0.0855. The molecule has 0 saturated heterocycles. The fourth-order valence-corrected chi connectivity index (χ4v) is 2.16. The first kappa shape index (κ1) is 15.4. The molecule has 0 saturated carbocycles. The summed E-state index contributed by atoms with van der Waals surface area (Å²) in [5, 5.41) is 6.63. The first-order chi connectivity index (χ1) is 9.95. The Morgan fingerprint density at radius 2 is 1.71 bits per heavy atom. The Kier molecular flexibility index (Phi) is 4.86. The number of aryl methyl sites for hydroxylation is 3. The van der Waals surface area contributed by atoms with E-state index in [-0.39, 0.29) is 12.5 Å². The average Bonchev–Trinajstić information content (AvgIpc) is 2.44. The van der Waals surface area contributed by atoms with Crippen molar-refractivity contribution in [2.24, 2.45) is 0 Å². The maximum atomic E-state index is 12.0. The van der Waals surface area contributed by atoms with Gasteiger partial charge < -0.3 is 10.6 Å². The molecule has 2 aromatic carbocycles. The molecule has 0 unspecified atom stereocenters. The van der Waals surface area contributed by atoms with Crippen molar-refractivity contribution in [3.05, 3.63) is 58.1 Å².